The fourth-order valence-corrected chi connectivity index (χ4v) is 2.84. The Morgan fingerprint density at radius 2 is 2.00 bits per heavy atom. The van der Waals surface area contributed by atoms with Crippen molar-refractivity contribution in [3.8, 4) is 0 Å². The van der Waals surface area contributed by atoms with Crippen LogP contribution in [0, 0.1) is 5.82 Å². The lowest BCUT2D eigenvalue weighted by Gasteiger charge is -2.35. The van der Waals surface area contributed by atoms with Gasteiger partial charge in [0.2, 0.25) is 0 Å². The quantitative estimate of drug-likeness (QED) is 0.659. The standard InChI is InChI=1S/C15H20ClFN4/c1-4-21-13(12(16)9-19-21)14(20-18)15(2,3)10-5-7-11(17)8-6-10/h5-9,14,20H,4,18H2,1-3H3. The van der Waals surface area contributed by atoms with E-state index in [9.17, 15) is 4.39 Å². The molecule has 21 heavy (non-hydrogen) atoms. The lowest BCUT2D eigenvalue weighted by Crippen LogP contribution is -2.42. The van der Waals surface area contributed by atoms with Gasteiger partial charge in [0.15, 0.2) is 0 Å². The molecule has 0 bridgehead atoms. The van der Waals surface area contributed by atoms with Crippen molar-refractivity contribution >= 4 is 11.6 Å². The molecule has 4 nitrogen and oxygen atoms in total. The molecule has 1 unspecified atom stereocenters. The molecule has 0 spiro atoms. The number of hydrogen-bond donors (Lipinski definition) is 2. The van der Waals surface area contributed by atoms with Gasteiger partial charge in [-0.15, -0.1) is 0 Å². The molecule has 0 aliphatic carbocycles. The third-order valence-electron chi connectivity index (χ3n) is 3.88. The van der Waals surface area contributed by atoms with Gasteiger partial charge in [0.25, 0.3) is 0 Å². The van der Waals surface area contributed by atoms with Crippen molar-refractivity contribution < 1.29 is 4.39 Å². The predicted molar refractivity (Wildman–Crippen MR) is 82.4 cm³/mol. The van der Waals surface area contributed by atoms with Gasteiger partial charge in [0.1, 0.15) is 5.82 Å². The van der Waals surface area contributed by atoms with Crippen LogP contribution in [0.1, 0.15) is 38.1 Å². The van der Waals surface area contributed by atoms with Gasteiger partial charge in [0.05, 0.1) is 23.0 Å². The number of hydrogen-bond acceptors (Lipinski definition) is 3. The SMILES string of the molecule is CCn1ncc(Cl)c1C(NN)C(C)(C)c1ccc(F)cc1. The smallest absolute Gasteiger partial charge is 0.123 e. The molecule has 1 heterocycles. The number of benzene rings is 1. The fraction of sp³-hybridized carbons (Fsp3) is 0.400. The van der Waals surface area contributed by atoms with E-state index in [0.717, 1.165) is 11.3 Å². The highest BCUT2D eigenvalue weighted by atomic mass is 35.5. The van der Waals surface area contributed by atoms with E-state index < -0.39 is 0 Å². The van der Waals surface area contributed by atoms with Gasteiger partial charge in [-0.25, -0.2) is 4.39 Å². The number of nitrogens with two attached hydrogens (primary N) is 1. The molecule has 0 radical (unpaired) electrons. The van der Waals surface area contributed by atoms with E-state index in [2.05, 4.69) is 10.5 Å². The van der Waals surface area contributed by atoms with Crippen molar-refractivity contribution in [3.05, 3.63) is 52.6 Å². The topological polar surface area (TPSA) is 55.9 Å². The highest BCUT2D eigenvalue weighted by Gasteiger charge is 2.35. The molecule has 0 saturated carbocycles. The number of nitrogens with one attached hydrogen (secondary N) is 1. The summed E-state index contributed by atoms with van der Waals surface area (Å²) in [5.41, 5.74) is 4.24. The van der Waals surface area contributed by atoms with Crippen LogP contribution in [0.25, 0.3) is 0 Å². The van der Waals surface area contributed by atoms with Crippen molar-refractivity contribution in [2.45, 2.75) is 38.8 Å². The maximum Gasteiger partial charge on any atom is 0.123 e. The number of aromatic nitrogens is 2. The van der Waals surface area contributed by atoms with Crippen molar-refractivity contribution in [1.82, 2.24) is 15.2 Å². The van der Waals surface area contributed by atoms with Crippen LogP contribution in [0.2, 0.25) is 5.02 Å². The average molecular weight is 311 g/mol. The van der Waals surface area contributed by atoms with E-state index in [1.807, 2.05) is 25.5 Å². The summed E-state index contributed by atoms with van der Waals surface area (Å²) in [7, 11) is 0. The Morgan fingerprint density at radius 3 is 2.52 bits per heavy atom. The van der Waals surface area contributed by atoms with Crippen molar-refractivity contribution in [3.63, 3.8) is 0 Å². The van der Waals surface area contributed by atoms with Gasteiger partial charge < -0.3 is 0 Å². The second-order valence-electron chi connectivity index (χ2n) is 5.52. The first-order valence-electron chi connectivity index (χ1n) is 6.85. The monoisotopic (exact) mass is 310 g/mol. The molecule has 0 amide bonds. The number of rotatable bonds is 5. The van der Waals surface area contributed by atoms with Gasteiger partial charge in [0, 0.05) is 12.0 Å². The minimum Gasteiger partial charge on any atom is -0.271 e. The summed E-state index contributed by atoms with van der Waals surface area (Å²) in [5, 5.41) is 4.82. The van der Waals surface area contributed by atoms with Crippen LogP contribution >= 0.6 is 11.6 Å². The van der Waals surface area contributed by atoms with Crippen molar-refractivity contribution in [2.24, 2.45) is 5.84 Å². The Morgan fingerprint density at radius 1 is 1.38 bits per heavy atom. The fourth-order valence-electron chi connectivity index (χ4n) is 2.59. The lowest BCUT2D eigenvalue weighted by atomic mass is 9.76. The van der Waals surface area contributed by atoms with E-state index in [4.69, 9.17) is 17.4 Å². The Kier molecular flexibility index (Phi) is 4.66. The molecule has 1 aromatic carbocycles. The van der Waals surface area contributed by atoms with E-state index in [1.165, 1.54) is 12.1 Å². The van der Waals surface area contributed by atoms with E-state index in [0.29, 0.717) is 11.6 Å². The first-order chi connectivity index (χ1) is 9.91. The summed E-state index contributed by atoms with van der Waals surface area (Å²) in [5.74, 6) is 5.53. The zero-order valence-corrected chi connectivity index (χ0v) is 13.2. The van der Waals surface area contributed by atoms with Crippen molar-refractivity contribution in [1.29, 1.82) is 0 Å². The van der Waals surface area contributed by atoms with Crippen LogP contribution in [0.3, 0.4) is 0 Å². The Hall–Kier alpha value is -1.43. The summed E-state index contributed by atoms with van der Waals surface area (Å²) in [6.07, 6.45) is 1.62. The summed E-state index contributed by atoms with van der Waals surface area (Å²) >= 11 is 6.28. The zero-order chi connectivity index (χ0) is 15.6. The Labute approximate surface area is 129 Å². The minimum absolute atomic E-state index is 0.252. The van der Waals surface area contributed by atoms with Gasteiger partial charge >= 0.3 is 0 Å². The molecule has 0 aliphatic rings. The highest BCUT2D eigenvalue weighted by molar-refractivity contribution is 6.31. The van der Waals surface area contributed by atoms with Crippen LogP contribution in [0.4, 0.5) is 4.39 Å². The molecule has 1 atom stereocenters. The van der Waals surface area contributed by atoms with Crippen molar-refractivity contribution in [2.75, 3.05) is 0 Å². The minimum atomic E-state index is -0.390. The molecule has 0 aliphatic heterocycles. The first-order valence-corrected chi connectivity index (χ1v) is 7.23. The summed E-state index contributed by atoms with van der Waals surface area (Å²) < 4.78 is 15.0. The van der Waals surface area contributed by atoms with Gasteiger partial charge in [-0.05, 0) is 24.6 Å². The molecule has 3 N–H and O–H groups in total. The van der Waals surface area contributed by atoms with E-state index >= 15 is 0 Å². The van der Waals surface area contributed by atoms with Crippen LogP contribution in [-0.2, 0) is 12.0 Å². The Balaban J connectivity index is 2.48. The molecule has 2 aromatic rings. The van der Waals surface area contributed by atoms with E-state index in [1.54, 1.807) is 18.3 Å². The molecular formula is C15H20ClFN4. The summed E-state index contributed by atoms with van der Waals surface area (Å²) in [6, 6.07) is 6.17. The molecule has 0 saturated heterocycles. The largest absolute Gasteiger partial charge is 0.271 e. The maximum absolute atomic E-state index is 13.1. The second-order valence-corrected chi connectivity index (χ2v) is 5.93. The molecule has 1 aromatic heterocycles. The molecule has 2 rings (SSSR count). The van der Waals surface area contributed by atoms with Crippen LogP contribution in [0.15, 0.2) is 30.5 Å². The predicted octanol–water partition coefficient (Wildman–Crippen LogP) is 3.18. The summed E-state index contributed by atoms with van der Waals surface area (Å²) in [4.78, 5) is 0. The van der Waals surface area contributed by atoms with Gasteiger partial charge in [-0.1, -0.05) is 37.6 Å². The normalized spacial score (nSPS) is 13.4. The molecule has 0 fully saturated rings. The highest BCUT2D eigenvalue weighted by Crippen LogP contribution is 2.39. The van der Waals surface area contributed by atoms with Gasteiger partial charge in [-0.3, -0.25) is 16.0 Å². The van der Waals surface area contributed by atoms with E-state index in [-0.39, 0.29) is 17.3 Å². The molecular weight excluding hydrogens is 291 g/mol. The first kappa shape index (κ1) is 15.9. The van der Waals surface area contributed by atoms with Crippen LogP contribution in [-0.4, -0.2) is 9.78 Å². The maximum atomic E-state index is 13.1. The summed E-state index contributed by atoms with van der Waals surface area (Å²) in [6.45, 7) is 6.76. The number of hydrazine groups is 1. The third-order valence-corrected chi connectivity index (χ3v) is 4.17. The number of aryl methyl sites for hydroxylation is 1. The lowest BCUT2D eigenvalue weighted by molar-refractivity contribution is 0.332. The molecule has 6 heteroatoms. The number of halogens is 2. The van der Waals surface area contributed by atoms with Crippen LogP contribution < -0.4 is 11.3 Å². The average Bonchev–Trinajstić information content (AvgIpc) is 2.81. The third kappa shape index (κ3) is 2.95. The van der Waals surface area contributed by atoms with Gasteiger partial charge in [-0.2, -0.15) is 5.10 Å². The number of nitrogens with zero attached hydrogens (tertiary/aromatic N) is 2. The molecule has 114 valence electrons. The van der Waals surface area contributed by atoms with Crippen LogP contribution in [0.5, 0.6) is 0 Å². The zero-order valence-electron chi connectivity index (χ0n) is 12.4. The second kappa shape index (κ2) is 6.13. The Bertz CT molecular complexity index is 607.